The molecule has 3 nitrogen and oxygen atoms in total. The molecule has 0 amide bonds. The van der Waals surface area contributed by atoms with Gasteiger partial charge in [0.05, 0.1) is 0 Å². The van der Waals surface area contributed by atoms with E-state index in [1.807, 2.05) is 6.08 Å². The lowest BCUT2D eigenvalue weighted by molar-refractivity contribution is 0.437. The van der Waals surface area contributed by atoms with E-state index in [1.165, 1.54) is 12.8 Å². The number of nitrogens with zero attached hydrogens (tertiary/aromatic N) is 1. The van der Waals surface area contributed by atoms with E-state index in [2.05, 4.69) is 16.4 Å². The van der Waals surface area contributed by atoms with Crippen molar-refractivity contribution in [2.45, 2.75) is 12.8 Å². The Morgan fingerprint density at radius 3 is 2.75 bits per heavy atom. The quantitative estimate of drug-likeness (QED) is 0.479. The van der Waals surface area contributed by atoms with Gasteiger partial charge in [-0.1, -0.05) is 6.08 Å². The maximum absolute atomic E-state index is 6.66. The summed E-state index contributed by atoms with van der Waals surface area (Å²) in [7, 11) is 0. The predicted molar refractivity (Wildman–Crippen MR) is 52.0 cm³/mol. The van der Waals surface area contributed by atoms with Crippen molar-refractivity contribution in [3.8, 4) is 0 Å². The van der Waals surface area contributed by atoms with E-state index in [9.17, 15) is 0 Å². The molecule has 1 rings (SSSR count). The van der Waals surface area contributed by atoms with E-state index >= 15 is 0 Å². The lowest BCUT2D eigenvalue weighted by Crippen LogP contribution is -2.26. The van der Waals surface area contributed by atoms with Crippen LogP contribution in [0.2, 0.25) is 0 Å². The van der Waals surface area contributed by atoms with Gasteiger partial charge in [0.2, 0.25) is 0 Å². The van der Waals surface area contributed by atoms with Crippen LogP contribution in [-0.4, -0.2) is 25.6 Å². The maximum atomic E-state index is 6.66. The first-order valence-electron chi connectivity index (χ1n) is 4.33. The van der Waals surface area contributed by atoms with E-state index in [1.54, 1.807) is 6.21 Å². The van der Waals surface area contributed by atoms with Crippen LogP contribution in [0.5, 0.6) is 0 Å². The Kier molecular flexibility index (Phi) is 4.31. The SMILES string of the molecule is N=CN=C/C=C/C1CCNCC1. The van der Waals surface area contributed by atoms with Crippen LogP contribution in [0.1, 0.15) is 12.8 Å². The lowest BCUT2D eigenvalue weighted by Gasteiger charge is -2.18. The van der Waals surface area contributed by atoms with Crippen LogP contribution in [0.3, 0.4) is 0 Å². The van der Waals surface area contributed by atoms with Gasteiger partial charge in [-0.05, 0) is 37.9 Å². The van der Waals surface area contributed by atoms with Crippen molar-refractivity contribution in [1.29, 1.82) is 5.41 Å². The van der Waals surface area contributed by atoms with Crippen molar-refractivity contribution in [3.05, 3.63) is 12.2 Å². The minimum absolute atomic E-state index is 0.698. The summed E-state index contributed by atoms with van der Waals surface area (Å²) < 4.78 is 0. The molecule has 0 aromatic heterocycles. The minimum Gasteiger partial charge on any atom is -0.317 e. The third kappa shape index (κ3) is 3.44. The molecule has 0 aromatic rings. The Morgan fingerprint density at radius 2 is 2.08 bits per heavy atom. The molecule has 0 spiro atoms. The summed E-state index contributed by atoms with van der Waals surface area (Å²) in [5, 5.41) is 9.97. The molecule has 1 aliphatic heterocycles. The van der Waals surface area contributed by atoms with Crippen molar-refractivity contribution in [1.82, 2.24) is 5.32 Å². The molecule has 0 aromatic carbocycles. The summed E-state index contributed by atoms with van der Waals surface area (Å²) in [6, 6.07) is 0. The molecule has 0 aliphatic carbocycles. The molecule has 2 N–H and O–H groups in total. The van der Waals surface area contributed by atoms with Crippen LogP contribution in [0.15, 0.2) is 17.1 Å². The lowest BCUT2D eigenvalue weighted by atomic mass is 9.98. The van der Waals surface area contributed by atoms with Gasteiger partial charge in [0, 0.05) is 6.21 Å². The Labute approximate surface area is 73.1 Å². The van der Waals surface area contributed by atoms with Crippen molar-refractivity contribution in [2.75, 3.05) is 13.1 Å². The monoisotopic (exact) mass is 165 g/mol. The second-order valence-electron chi connectivity index (χ2n) is 2.90. The molecule has 1 fully saturated rings. The number of rotatable bonds is 3. The Morgan fingerprint density at radius 1 is 1.33 bits per heavy atom. The van der Waals surface area contributed by atoms with Crippen LogP contribution in [0.25, 0.3) is 0 Å². The highest BCUT2D eigenvalue weighted by atomic mass is 14.9. The van der Waals surface area contributed by atoms with E-state index < -0.39 is 0 Å². The average Bonchev–Trinajstić information content (AvgIpc) is 2.14. The zero-order chi connectivity index (χ0) is 8.65. The molecular weight excluding hydrogens is 150 g/mol. The normalized spacial score (nSPS) is 20.7. The van der Waals surface area contributed by atoms with Crippen LogP contribution in [-0.2, 0) is 0 Å². The van der Waals surface area contributed by atoms with Crippen LogP contribution < -0.4 is 5.32 Å². The number of hydrogen-bond donors (Lipinski definition) is 2. The molecule has 0 bridgehead atoms. The molecule has 1 heterocycles. The average molecular weight is 165 g/mol. The Hall–Kier alpha value is -0.960. The standard InChI is InChI=1S/C9H15N3/c10-8-12-5-1-2-9-3-6-11-7-4-9/h1-2,5,8-11H,3-4,6-7H2/b2-1+,10-8?,12-5?. The first-order chi connectivity index (χ1) is 5.93. The number of aliphatic imine (C=N–C) groups is 1. The van der Waals surface area contributed by atoms with E-state index in [-0.39, 0.29) is 0 Å². The molecule has 1 aliphatic rings. The molecule has 1 saturated heterocycles. The highest BCUT2D eigenvalue weighted by Gasteiger charge is 2.07. The Balaban J connectivity index is 2.23. The number of allylic oxidation sites excluding steroid dienone is 2. The van der Waals surface area contributed by atoms with E-state index in [0.717, 1.165) is 19.4 Å². The van der Waals surface area contributed by atoms with Crippen molar-refractivity contribution < 1.29 is 0 Å². The van der Waals surface area contributed by atoms with Crippen LogP contribution in [0.4, 0.5) is 0 Å². The summed E-state index contributed by atoms with van der Waals surface area (Å²) in [5.74, 6) is 0.698. The van der Waals surface area contributed by atoms with Gasteiger partial charge in [-0.2, -0.15) is 0 Å². The first kappa shape index (κ1) is 9.13. The van der Waals surface area contributed by atoms with Gasteiger partial charge in [-0.15, -0.1) is 0 Å². The van der Waals surface area contributed by atoms with Gasteiger partial charge in [-0.25, -0.2) is 4.99 Å². The maximum Gasteiger partial charge on any atom is 0.106 e. The zero-order valence-electron chi connectivity index (χ0n) is 7.16. The van der Waals surface area contributed by atoms with Crippen molar-refractivity contribution in [3.63, 3.8) is 0 Å². The van der Waals surface area contributed by atoms with Gasteiger partial charge < -0.3 is 5.32 Å². The van der Waals surface area contributed by atoms with Crippen molar-refractivity contribution in [2.24, 2.45) is 10.9 Å². The van der Waals surface area contributed by atoms with Gasteiger partial charge in [0.25, 0.3) is 0 Å². The smallest absolute Gasteiger partial charge is 0.106 e. The molecule has 12 heavy (non-hydrogen) atoms. The third-order valence-electron chi connectivity index (χ3n) is 2.01. The predicted octanol–water partition coefficient (Wildman–Crippen LogP) is 1.22. The fourth-order valence-electron chi connectivity index (χ4n) is 1.34. The topological polar surface area (TPSA) is 48.2 Å². The van der Waals surface area contributed by atoms with Gasteiger partial charge in [-0.3, -0.25) is 5.41 Å². The highest BCUT2D eigenvalue weighted by molar-refractivity contribution is 5.78. The second kappa shape index (κ2) is 5.66. The summed E-state index contributed by atoms with van der Waals surface area (Å²) in [5.41, 5.74) is 0. The fourth-order valence-corrected chi connectivity index (χ4v) is 1.34. The van der Waals surface area contributed by atoms with Gasteiger partial charge in [0.1, 0.15) is 6.34 Å². The number of piperidine rings is 1. The highest BCUT2D eigenvalue weighted by Crippen LogP contribution is 2.11. The van der Waals surface area contributed by atoms with Gasteiger partial charge in [0.15, 0.2) is 0 Å². The molecule has 66 valence electrons. The summed E-state index contributed by atoms with van der Waals surface area (Å²) >= 11 is 0. The first-order valence-corrected chi connectivity index (χ1v) is 4.33. The van der Waals surface area contributed by atoms with Crippen LogP contribution >= 0.6 is 0 Å². The second-order valence-corrected chi connectivity index (χ2v) is 2.90. The summed E-state index contributed by atoms with van der Waals surface area (Å²) in [4.78, 5) is 3.67. The number of nitrogens with one attached hydrogen (secondary N) is 2. The number of hydrogen-bond acceptors (Lipinski definition) is 2. The molecule has 0 atom stereocenters. The van der Waals surface area contributed by atoms with E-state index in [4.69, 9.17) is 5.41 Å². The zero-order valence-corrected chi connectivity index (χ0v) is 7.16. The molecule has 0 radical (unpaired) electrons. The van der Waals surface area contributed by atoms with E-state index in [0.29, 0.717) is 5.92 Å². The van der Waals surface area contributed by atoms with Crippen LogP contribution in [0, 0.1) is 11.3 Å². The minimum atomic E-state index is 0.698. The molecule has 0 saturated carbocycles. The Bertz CT molecular complexity index is 178. The van der Waals surface area contributed by atoms with Crippen molar-refractivity contribution >= 4 is 12.6 Å². The molecule has 3 heteroatoms. The summed E-state index contributed by atoms with van der Waals surface area (Å²) in [6.07, 6.45) is 9.25. The van der Waals surface area contributed by atoms with Gasteiger partial charge >= 0.3 is 0 Å². The third-order valence-corrected chi connectivity index (χ3v) is 2.01. The summed E-state index contributed by atoms with van der Waals surface area (Å²) in [6.45, 7) is 2.24. The molecule has 0 unspecified atom stereocenters. The fraction of sp³-hybridized carbons (Fsp3) is 0.556. The largest absolute Gasteiger partial charge is 0.317 e. The molecular formula is C9H15N3.